The van der Waals surface area contributed by atoms with Gasteiger partial charge in [0.1, 0.15) is 56.4 Å². The highest BCUT2D eigenvalue weighted by molar-refractivity contribution is 6.74. The maximum absolute atomic E-state index is 16.9. The largest absolute Gasteiger partial charge is 0.465 e. The van der Waals surface area contributed by atoms with Gasteiger partial charge in [0.05, 0.1) is 25.4 Å². The van der Waals surface area contributed by atoms with Crippen LogP contribution in [0.15, 0.2) is 82.1 Å². The van der Waals surface area contributed by atoms with Gasteiger partial charge in [-0.15, -0.1) is 0 Å². The molecule has 5 heterocycles. The number of hydrogen-bond donors (Lipinski definition) is 0. The molecule has 1 aromatic heterocycles. The number of rotatable bonds is 9. The Morgan fingerprint density at radius 2 is 1.26 bits per heavy atom. The summed E-state index contributed by atoms with van der Waals surface area (Å²) in [7, 11) is 0.148. The number of fused-ring (bicyclic) bond motifs is 8. The van der Waals surface area contributed by atoms with E-state index < -0.39 is 152 Å². The quantitative estimate of drug-likeness (QED) is 0.0562. The van der Waals surface area contributed by atoms with Gasteiger partial charge >= 0.3 is 47.9 Å². The third-order valence-electron chi connectivity index (χ3n) is 16.3. The third kappa shape index (κ3) is 10.3. The van der Waals surface area contributed by atoms with E-state index in [0.717, 1.165) is 43.9 Å². The number of amides is 4. The summed E-state index contributed by atoms with van der Waals surface area (Å²) in [4.78, 5) is 158. The van der Waals surface area contributed by atoms with Crippen molar-refractivity contribution >= 4 is 101 Å². The molecular weight excluding hydrogens is 1180 g/mol. The summed E-state index contributed by atoms with van der Waals surface area (Å²) in [6, 6.07) is 16.8. The van der Waals surface area contributed by atoms with Gasteiger partial charge in [-0.05, 0) is 123 Å². The Bertz CT molecular complexity index is 4060. The minimum Gasteiger partial charge on any atom is -0.465 e. The number of methoxy groups -OCH3 is 2. The summed E-state index contributed by atoms with van der Waals surface area (Å²) < 4.78 is 55.7. The summed E-state index contributed by atoms with van der Waals surface area (Å²) in [5, 5.41) is -0.308. The molecule has 25 nitrogen and oxygen atoms in total. The second-order valence-electron chi connectivity index (χ2n) is 26.9. The molecule has 2 fully saturated rings. The van der Waals surface area contributed by atoms with Gasteiger partial charge in [-0.25, -0.2) is 29.0 Å². The molecule has 0 unspecified atom stereocenters. The zero-order valence-electron chi connectivity index (χ0n) is 54.0. The first kappa shape index (κ1) is 65.3. The Kier molecular flexibility index (Phi) is 15.8. The summed E-state index contributed by atoms with van der Waals surface area (Å²) in [6.07, 6.45) is -6.25. The van der Waals surface area contributed by atoms with Gasteiger partial charge in [-0.1, -0.05) is 57.2 Å². The lowest BCUT2D eigenvalue weighted by Gasteiger charge is -2.56. The second-order valence-corrected chi connectivity index (χ2v) is 31.7. The number of ether oxygens (including phenoxy) is 7. The van der Waals surface area contributed by atoms with Crippen LogP contribution in [0.2, 0.25) is 18.1 Å². The van der Waals surface area contributed by atoms with E-state index in [0.29, 0.717) is 5.39 Å². The first-order chi connectivity index (χ1) is 41.5. The molecular formula is C64H74N6O19Si. The van der Waals surface area contributed by atoms with Crippen LogP contribution in [0.25, 0.3) is 33.5 Å². The van der Waals surface area contributed by atoms with Crippen LogP contribution in [-0.4, -0.2) is 143 Å². The minimum absolute atomic E-state index is 0.120. The predicted molar refractivity (Wildman–Crippen MR) is 328 cm³/mol. The molecule has 4 amide bonds. The lowest BCUT2D eigenvalue weighted by molar-refractivity contribution is -0.243. The van der Waals surface area contributed by atoms with E-state index in [1.807, 2.05) is 33.9 Å². The molecule has 0 bridgehead atoms. The summed E-state index contributed by atoms with van der Waals surface area (Å²) >= 11 is 0. The van der Waals surface area contributed by atoms with E-state index in [9.17, 15) is 33.6 Å². The summed E-state index contributed by atoms with van der Waals surface area (Å²) in [5.41, 5.74) is -15.1. The average Bonchev–Trinajstić information content (AvgIpc) is 1.49. The number of nitrogens with zero attached hydrogens (tertiary/aromatic N) is 6. The maximum Gasteiger partial charge on any atom is 0.424 e. The van der Waals surface area contributed by atoms with Crippen molar-refractivity contribution in [1.82, 2.24) is 19.4 Å². The normalized spacial score (nSPS) is 21.0. The van der Waals surface area contributed by atoms with Crippen molar-refractivity contribution in [1.29, 1.82) is 0 Å². The fraction of sp³-hybridized carbons (Fsp3) is 0.453. The third-order valence-corrected chi connectivity index (χ3v) is 20.8. The number of hydrogen-bond acceptors (Lipinski definition) is 21. The van der Waals surface area contributed by atoms with E-state index in [4.69, 9.17) is 47.0 Å². The van der Waals surface area contributed by atoms with Gasteiger partial charge < -0.3 is 51.8 Å². The number of piperazine rings is 1. The van der Waals surface area contributed by atoms with Gasteiger partial charge in [0.2, 0.25) is 11.2 Å². The van der Waals surface area contributed by atoms with Gasteiger partial charge in [0, 0.05) is 44.2 Å². The standard InChI is InChI=1S/C64H74N6O19Si/c1-33(71)83-51-63(37-32-67(55(78)86-58(3,4)5)38-27-23-21-25-35(37)38)36-26-22-24-28-39(36)68(52(63)70-53(76)62(15,89-90(19,20)61(12,13)14)66(16)54(77)64(51,70)85-34(2)72)40-29-30-42-46(44(40)49(74)81-17)65-47-43(84-42)31-41(73)48(45(47)50(75)82-18)69(56(79)87-59(6,7)8)57(80)88-60(9,10)11/h21-32,51-52H,1-20H3/t51-,52+,62+,63+,64-/m0/s1. The number of benzene rings is 4. The van der Waals surface area contributed by atoms with Crippen molar-refractivity contribution in [2.75, 3.05) is 31.1 Å². The molecule has 26 heteroatoms. The molecule has 4 aromatic rings. The van der Waals surface area contributed by atoms with E-state index in [1.165, 1.54) is 83.3 Å². The van der Waals surface area contributed by atoms with Crippen LogP contribution in [-0.2, 0) is 62.2 Å². The van der Waals surface area contributed by atoms with Crippen molar-refractivity contribution in [2.45, 2.75) is 168 Å². The van der Waals surface area contributed by atoms with E-state index in [-0.39, 0.29) is 38.5 Å². The van der Waals surface area contributed by atoms with Crippen LogP contribution in [0, 0.1) is 0 Å². The lowest BCUT2D eigenvalue weighted by Crippen LogP contribution is -2.80. The average molecular weight is 1260 g/mol. The Hall–Kier alpha value is -9.17. The summed E-state index contributed by atoms with van der Waals surface area (Å²) in [5.74, 6) is -7.07. The highest BCUT2D eigenvalue weighted by atomic mass is 28.4. The van der Waals surface area contributed by atoms with Crippen LogP contribution >= 0.6 is 0 Å². The van der Waals surface area contributed by atoms with Crippen molar-refractivity contribution in [3.63, 3.8) is 0 Å². The Morgan fingerprint density at radius 3 is 1.81 bits per heavy atom. The Labute approximate surface area is 519 Å². The predicted octanol–water partition coefficient (Wildman–Crippen LogP) is 10.3. The van der Waals surface area contributed by atoms with Crippen molar-refractivity contribution in [3.8, 4) is 11.5 Å². The van der Waals surface area contributed by atoms with E-state index in [1.54, 1.807) is 69.3 Å². The van der Waals surface area contributed by atoms with Crippen LogP contribution in [0.4, 0.5) is 31.4 Å². The molecule has 0 saturated carbocycles. The number of carbonyl (C=O) groups excluding carboxylic acids is 9. The van der Waals surface area contributed by atoms with Crippen LogP contribution in [0.3, 0.4) is 0 Å². The van der Waals surface area contributed by atoms with Crippen molar-refractivity contribution in [3.05, 3.63) is 105 Å². The fourth-order valence-corrected chi connectivity index (χ4v) is 13.3. The Balaban J connectivity index is 1.48. The lowest BCUT2D eigenvalue weighted by atomic mass is 9.69. The highest BCUT2D eigenvalue weighted by Gasteiger charge is 2.84. The fourth-order valence-electron chi connectivity index (χ4n) is 11.8. The molecule has 3 aromatic carbocycles. The smallest absolute Gasteiger partial charge is 0.424 e. The molecule has 0 N–H and O–H groups in total. The number of aromatic nitrogens is 2. The molecule has 5 atom stereocenters. The maximum atomic E-state index is 16.9. The zero-order chi connectivity index (χ0) is 66.9. The van der Waals surface area contributed by atoms with Crippen LogP contribution in [0.5, 0.6) is 0 Å². The number of imide groups is 1. The monoisotopic (exact) mass is 1260 g/mol. The molecule has 2 saturated heterocycles. The second kappa shape index (κ2) is 21.8. The van der Waals surface area contributed by atoms with Crippen molar-refractivity contribution in [2.24, 2.45) is 0 Å². The molecule has 0 radical (unpaired) electrons. The van der Waals surface area contributed by atoms with Crippen LogP contribution < -0.4 is 15.2 Å². The molecule has 5 aliphatic rings. The number of para-hydroxylation sites is 2. The Morgan fingerprint density at radius 1 is 0.689 bits per heavy atom. The molecule has 9 rings (SSSR count). The molecule has 4 aliphatic heterocycles. The highest BCUT2D eigenvalue weighted by Crippen LogP contribution is 2.67. The van der Waals surface area contributed by atoms with Gasteiger partial charge in [-0.2, -0.15) is 4.90 Å². The van der Waals surface area contributed by atoms with Crippen molar-refractivity contribution < 1.29 is 85.2 Å². The summed E-state index contributed by atoms with van der Waals surface area (Å²) in [6.45, 7) is 27.0. The number of esters is 4. The number of likely N-dealkylation sites (N-methyl/N-ethyl adjacent to an activating group) is 1. The first-order valence-electron chi connectivity index (χ1n) is 28.8. The minimum atomic E-state index is -3.18. The topological polar surface area (TPSA) is 288 Å². The van der Waals surface area contributed by atoms with Gasteiger partial charge in [0.25, 0.3) is 11.8 Å². The molecule has 478 valence electrons. The van der Waals surface area contributed by atoms with Gasteiger partial charge in [-0.3, -0.25) is 33.4 Å². The molecule has 1 aliphatic carbocycles. The molecule has 90 heavy (non-hydrogen) atoms. The first-order valence-corrected chi connectivity index (χ1v) is 31.7. The van der Waals surface area contributed by atoms with E-state index >= 15 is 14.4 Å². The molecule has 0 spiro atoms. The SMILES string of the molecule is COC(=O)c1c2nc3c(C(=O)OC)c(N4c5ccccc5[C@]5(c6cn(C(=O)OC(C)(C)C)c7ccccc67)[C@H]4N4C(=O)[C@@](C)(O[Si](C)(C)C(C)(C)C)N(C)C(=O)[C@@]4(OC(C)=O)[C@H]5OC(C)=O)ccc3oc-2cc(=O)c1N(C(=O)OC(C)(C)C)C(=O)OC(C)(C)C. The van der Waals surface area contributed by atoms with E-state index in [2.05, 4.69) is 0 Å². The zero-order valence-corrected chi connectivity index (χ0v) is 55.0. The van der Waals surface area contributed by atoms with Crippen LogP contribution in [0.1, 0.15) is 136 Å². The van der Waals surface area contributed by atoms with Gasteiger partial charge in [0.15, 0.2) is 25.8 Å². The number of anilines is 3. The number of carbonyl (C=O) groups is 9.